The van der Waals surface area contributed by atoms with Crippen LogP contribution in [0.15, 0.2) is 18.3 Å². The minimum absolute atomic E-state index is 0.0363. The second kappa shape index (κ2) is 3.40. The van der Waals surface area contributed by atoms with Gasteiger partial charge in [0.2, 0.25) is 0 Å². The van der Waals surface area contributed by atoms with Gasteiger partial charge in [0.05, 0.1) is 0 Å². The van der Waals surface area contributed by atoms with Gasteiger partial charge in [0.1, 0.15) is 5.56 Å². The smallest absolute Gasteiger partial charge is 0.383 e. The van der Waals surface area contributed by atoms with Crippen molar-refractivity contribution in [2.45, 2.75) is 0 Å². The van der Waals surface area contributed by atoms with Gasteiger partial charge in [-0.15, -0.1) is 16.5 Å². The maximum atomic E-state index is 10.9. The molecule has 1 heterocycles. The number of pyridine rings is 1. The van der Waals surface area contributed by atoms with E-state index in [2.05, 4.69) is 10.8 Å². The van der Waals surface area contributed by atoms with Gasteiger partial charge < -0.3 is 5.21 Å². The molecule has 0 amide bonds. The molecule has 0 aliphatic rings. The molecule has 0 unspecified atom stereocenters. The standard InChI is InChI=1S/C7H4N2O4/c1-2-6-4-3-5-8(10)7(6)13-9(11)12/h1,3-5H. The molecular formula is C7H4N2O4. The summed E-state index contributed by atoms with van der Waals surface area (Å²) in [6.07, 6.45) is 6.05. The lowest BCUT2D eigenvalue weighted by Gasteiger charge is -2.02. The van der Waals surface area contributed by atoms with Crippen molar-refractivity contribution in [2.75, 3.05) is 0 Å². The second-order valence-electron chi connectivity index (χ2n) is 2.01. The van der Waals surface area contributed by atoms with E-state index >= 15 is 0 Å². The molecule has 0 aliphatic carbocycles. The molecule has 1 rings (SSSR count). The van der Waals surface area contributed by atoms with Crippen LogP contribution in [0.4, 0.5) is 0 Å². The normalized spacial score (nSPS) is 8.85. The molecule has 66 valence electrons. The first-order valence-electron chi connectivity index (χ1n) is 3.16. The van der Waals surface area contributed by atoms with E-state index in [1.807, 2.05) is 0 Å². The van der Waals surface area contributed by atoms with E-state index in [0.717, 1.165) is 6.20 Å². The Morgan fingerprint density at radius 3 is 2.92 bits per heavy atom. The molecule has 0 N–H and O–H groups in total. The topological polar surface area (TPSA) is 79.3 Å². The van der Waals surface area contributed by atoms with E-state index in [1.165, 1.54) is 12.1 Å². The molecule has 6 nitrogen and oxygen atoms in total. The molecular weight excluding hydrogens is 176 g/mol. The summed E-state index contributed by atoms with van der Waals surface area (Å²) < 4.78 is 0.192. The first kappa shape index (κ1) is 8.80. The predicted molar refractivity (Wildman–Crippen MR) is 41.0 cm³/mol. The zero-order valence-corrected chi connectivity index (χ0v) is 6.34. The first-order valence-corrected chi connectivity index (χ1v) is 3.16. The van der Waals surface area contributed by atoms with E-state index < -0.39 is 11.0 Å². The lowest BCUT2D eigenvalue weighted by atomic mass is 10.3. The van der Waals surface area contributed by atoms with Gasteiger partial charge in [0, 0.05) is 6.07 Å². The number of aromatic nitrogens is 1. The summed E-state index contributed by atoms with van der Waals surface area (Å²) in [5.41, 5.74) is 0.0363. The van der Waals surface area contributed by atoms with E-state index in [9.17, 15) is 15.3 Å². The monoisotopic (exact) mass is 180 g/mol. The van der Waals surface area contributed by atoms with Crippen LogP contribution in [0.3, 0.4) is 0 Å². The van der Waals surface area contributed by atoms with Gasteiger partial charge in [0.25, 0.3) is 0 Å². The van der Waals surface area contributed by atoms with Crippen LogP contribution in [0.5, 0.6) is 5.88 Å². The molecule has 0 saturated heterocycles. The minimum Gasteiger partial charge on any atom is -0.617 e. The van der Waals surface area contributed by atoms with Crippen LogP contribution in [-0.2, 0) is 0 Å². The minimum atomic E-state index is -1.09. The van der Waals surface area contributed by atoms with Crippen molar-refractivity contribution in [3.63, 3.8) is 0 Å². The van der Waals surface area contributed by atoms with Gasteiger partial charge >= 0.3 is 11.0 Å². The summed E-state index contributed by atoms with van der Waals surface area (Å²) in [5.74, 6) is 1.59. The highest BCUT2D eigenvalue weighted by Gasteiger charge is 2.14. The summed E-state index contributed by atoms with van der Waals surface area (Å²) >= 11 is 0. The van der Waals surface area contributed by atoms with Crippen molar-refractivity contribution < 1.29 is 14.7 Å². The van der Waals surface area contributed by atoms with Crippen LogP contribution in [-0.4, -0.2) is 5.09 Å². The Morgan fingerprint density at radius 2 is 2.38 bits per heavy atom. The fourth-order valence-corrected chi connectivity index (χ4v) is 0.745. The number of hydrogen-bond acceptors (Lipinski definition) is 4. The maximum absolute atomic E-state index is 10.9. The molecule has 0 fully saturated rings. The average molecular weight is 180 g/mol. The van der Waals surface area contributed by atoms with Crippen LogP contribution < -0.4 is 9.57 Å². The Hall–Kier alpha value is -2.29. The Kier molecular flexibility index (Phi) is 2.31. The van der Waals surface area contributed by atoms with Gasteiger partial charge in [-0.2, -0.15) is 4.73 Å². The third-order valence-corrected chi connectivity index (χ3v) is 1.23. The van der Waals surface area contributed by atoms with Gasteiger partial charge in [0.15, 0.2) is 6.20 Å². The highest BCUT2D eigenvalue weighted by molar-refractivity contribution is 5.36. The van der Waals surface area contributed by atoms with E-state index in [1.54, 1.807) is 0 Å². The van der Waals surface area contributed by atoms with Gasteiger partial charge in [-0.3, -0.25) is 0 Å². The summed E-state index contributed by atoms with van der Waals surface area (Å²) in [4.78, 5) is 13.9. The van der Waals surface area contributed by atoms with Gasteiger partial charge in [-0.1, -0.05) is 5.92 Å². The van der Waals surface area contributed by atoms with Crippen LogP contribution in [0.1, 0.15) is 5.56 Å². The third-order valence-electron chi connectivity index (χ3n) is 1.23. The third kappa shape index (κ3) is 1.84. The van der Waals surface area contributed by atoms with Crippen LogP contribution in [0.25, 0.3) is 0 Å². The molecule has 6 heteroatoms. The molecule has 0 aliphatic heterocycles. The average Bonchev–Trinajstić information content (AvgIpc) is 2.08. The number of rotatable bonds is 2. The Balaban J connectivity index is 3.17. The first-order chi connectivity index (χ1) is 6.15. The second-order valence-corrected chi connectivity index (χ2v) is 2.01. The number of nitrogens with zero attached hydrogens (tertiary/aromatic N) is 2. The van der Waals surface area contributed by atoms with E-state index in [0.29, 0.717) is 0 Å². The molecule has 0 bridgehead atoms. The largest absolute Gasteiger partial charge is 0.617 e. The van der Waals surface area contributed by atoms with Crippen molar-refractivity contribution >= 4 is 0 Å². The van der Waals surface area contributed by atoms with Crippen LogP contribution >= 0.6 is 0 Å². The molecule has 0 aromatic carbocycles. The molecule has 0 radical (unpaired) electrons. The zero-order chi connectivity index (χ0) is 9.84. The van der Waals surface area contributed by atoms with Gasteiger partial charge in [-0.05, 0) is 6.07 Å². The summed E-state index contributed by atoms with van der Waals surface area (Å²) in [6.45, 7) is 0. The quantitative estimate of drug-likeness (QED) is 0.209. The van der Waals surface area contributed by atoms with Crippen molar-refractivity contribution in [3.05, 3.63) is 39.2 Å². The predicted octanol–water partition coefficient (Wildman–Crippen LogP) is -0.128. The lowest BCUT2D eigenvalue weighted by molar-refractivity contribution is -0.754. The SMILES string of the molecule is C#Cc1ccc[n+]([O-])c1O[N+](=O)[O-]. The maximum Gasteiger partial charge on any atom is 0.383 e. The summed E-state index contributed by atoms with van der Waals surface area (Å²) in [5, 5.41) is 19.8. The van der Waals surface area contributed by atoms with Crippen molar-refractivity contribution in [1.29, 1.82) is 0 Å². The number of terminal acetylenes is 1. The molecule has 0 spiro atoms. The summed E-state index contributed by atoms with van der Waals surface area (Å²) in [6, 6.07) is 2.74. The molecule has 1 aromatic rings. The molecule has 1 aromatic heterocycles. The highest BCUT2D eigenvalue weighted by atomic mass is 17.0. The molecule has 0 atom stereocenters. The molecule has 0 saturated carbocycles. The summed E-state index contributed by atoms with van der Waals surface area (Å²) in [7, 11) is 0. The lowest BCUT2D eigenvalue weighted by Crippen LogP contribution is -2.30. The van der Waals surface area contributed by atoms with Gasteiger partial charge in [-0.25, -0.2) is 4.84 Å². The number of hydrogen-bond donors (Lipinski definition) is 0. The molecule has 13 heavy (non-hydrogen) atoms. The van der Waals surface area contributed by atoms with Crippen LogP contribution in [0, 0.1) is 27.7 Å². The van der Waals surface area contributed by atoms with E-state index in [4.69, 9.17) is 6.42 Å². The highest BCUT2D eigenvalue weighted by Crippen LogP contribution is 2.10. The Labute approximate surface area is 73.1 Å². The van der Waals surface area contributed by atoms with Crippen molar-refractivity contribution in [3.8, 4) is 18.2 Å². The fraction of sp³-hybridized carbons (Fsp3) is 0. The fourth-order valence-electron chi connectivity index (χ4n) is 0.745. The van der Waals surface area contributed by atoms with Crippen LogP contribution in [0.2, 0.25) is 0 Å². The zero-order valence-electron chi connectivity index (χ0n) is 6.34. The Morgan fingerprint density at radius 1 is 1.69 bits per heavy atom. The van der Waals surface area contributed by atoms with Crippen molar-refractivity contribution in [2.24, 2.45) is 0 Å². The van der Waals surface area contributed by atoms with E-state index in [-0.39, 0.29) is 10.3 Å². The Bertz CT molecular complexity index is 383. The van der Waals surface area contributed by atoms with Crippen molar-refractivity contribution in [1.82, 2.24) is 0 Å².